The molecule has 0 aromatic heterocycles. The van der Waals surface area contributed by atoms with Crippen molar-refractivity contribution in [3.05, 3.63) is 29.3 Å². The van der Waals surface area contributed by atoms with Crippen LogP contribution in [0.4, 0.5) is 0 Å². The third-order valence-electron chi connectivity index (χ3n) is 2.77. The van der Waals surface area contributed by atoms with Crippen LogP contribution < -0.4 is 0 Å². The molecule has 0 atom stereocenters. The Hall–Kier alpha value is -0.359. The van der Waals surface area contributed by atoms with E-state index in [4.69, 9.17) is 9.47 Å². The van der Waals surface area contributed by atoms with E-state index < -0.39 is 27.0 Å². The molecule has 0 aliphatic rings. The molecular formula is C16H22BaO7S+2. The summed E-state index contributed by atoms with van der Waals surface area (Å²) in [6.45, 7) is 7.66. The molecule has 134 valence electrons. The molecule has 0 saturated heterocycles. The van der Waals surface area contributed by atoms with E-state index in [-0.39, 0.29) is 85.1 Å². The number of carbonyl (C=O) groups is 2. The first-order valence-corrected chi connectivity index (χ1v) is 8.91. The van der Waals surface area contributed by atoms with Gasteiger partial charge in [0.1, 0.15) is 0 Å². The predicted octanol–water partition coefficient (Wildman–Crippen LogP) is 2.18. The van der Waals surface area contributed by atoms with Gasteiger partial charge in [-0.25, -0.2) is 9.59 Å². The monoisotopic (exact) mass is 496 g/mol. The zero-order valence-electron chi connectivity index (χ0n) is 14.8. The van der Waals surface area contributed by atoms with Crippen LogP contribution in [0.15, 0.2) is 23.1 Å². The fourth-order valence-electron chi connectivity index (χ4n) is 1.64. The summed E-state index contributed by atoms with van der Waals surface area (Å²) in [4.78, 5) is 23.5. The summed E-state index contributed by atoms with van der Waals surface area (Å²) in [5, 5.41) is 0. The van der Waals surface area contributed by atoms with Gasteiger partial charge in [-0.3, -0.25) is 4.55 Å². The number of benzene rings is 1. The van der Waals surface area contributed by atoms with Gasteiger partial charge in [0.2, 0.25) is 0 Å². The first-order chi connectivity index (χ1) is 11.0. The van der Waals surface area contributed by atoms with Crippen LogP contribution >= 0.6 is 0 Å². The summed E-state index contributed by atoms with van der Waals surface area (Å²) >= 11 is 0. The molecule has 7 nitrogen and oxygen atoms in total. The van der Waals surface area contributed by atoms with Gasteiger partial charge in [-0.1, -0.05) is 27.7 Å². The maximum absolute atomic E-state index is 12.0. The van der Waals surface area contributed by atoms with Crippen molar-refractivity contribution in [1.29, 1.82) is 0 Å². The zero-order valence-corrected chi connectivity index (χ0v) is 20.1. The molecule has 0 bridgehead atoms. The molecule has 25 heavy (non-hydrogen) atoms. The van der Waals surface area contributed by atoms with Crippen molar-refractivity contribution in [3.8, 4) is 0 Å². The molecule has 1 N–H and O–H groups in total. The summed E-state index contributed by atoms with van der Waals surface area (Å²) in [5.41, 5.74) is -0.301. The first-order valence-electron chi connectivity index (χ1n) is 7.47. The average molecular weight is 496 g/mol. The molecule has 0 aliphatic heterocycles. The number of hydrogen-bond acceptors (Lipinski definition) is 6. The van der Waals surface area contributed by atoms with Gasteiger partial charge in [0.05, 0.1) is 29.2 Å². The second kappa shape index (κ2) is 10.7. The number of ether oxygens (including phenoxy) is 2. The summed E-state index contributed by atoms with van der Waals surface area (Å²) in [6.07, 6.45) is 0. The Kier molecular flexibility index (Phi) is 10.6. The van der Waals surface area contributed by atoms with Crippen molar-refractivity contribution < 1.29 is 32.0 Å². The Bertz CT molecular complexity index is 669. The zero-order chi connectivity index (χ0) is 18.5. The minimum atomic E-state index is -4.59. The minimum absolute atomic E-state index is 0. The van der Waals surface area contributed by atoms with E-state index in [0.717, 1.165) is 12.1 Å². The molecule has 0 unspecified atom stereocenters. The minimum Gasteiger partial charge on any atom is -0.462 e. The van der Waals surface area contributed by atoms with Crippen molar-refractivity contribution in [1.82, 2.24) is 0 Å². The second-order valence-electron chi connectivity index (χ2n) is 6.21. The molecule has 0 amide bonds. The van der Waals surface area contributed by atoms with Crippen LogP contribution in [0.25, 0.3) is 0 Å². The van der Waals surface area contributed by atoms with E-state index >= 15 is 0 Å². The molecule has 0 fully saturated rings. The second-order valence-corrected chi connectivity index (χ2v) is 7.63. The maximum Gasteiger partial charge on any atom is 2.00 e. The van der Waals surface area contributed by atoms with Gasteiger partial charge in [0.15, 0.2) is 0 Å². The summed E-state index contributed by atoms with van der Waals surface area (Å²) in [7, 11) is -4.59. The Morgan fingerprint density at radius 2 is 1.28 bits per heavy atom. The fourth-order valence-corrected chi connectivity index (χ4v) is 2.19. The van der Waals surface area contributed by atoms with Gasteiger partial charge in [-0.2, -0.15) is 8.42 Å². The number of hydrogen-bond donors (Lipinski definition) is 1. The number of esters is 2. The SMILES string of the molecule is CC(C)COC(=O)c1cc(C(=O)OCC(C)C)cc(S(=O)(=O)O)c1.[Ba+2]. The first kappa shape index (κ1) is 24.6. The quantitative estimate of drug-likeness (QED) is 0.351. The van der Waals surface area contributed by atoms with Crippen LogP contribution in [0.5, 0.6) is 0 Å². The Morgan fingerprint density at radius 1 is 0.920 bits per heavy atom. The molecule has 0 radical (unpaired) electrons. The molecule has 1 aromatic carbocycles. The molecular weight excluding hydrogens is 474 g/mol. The summed E-state index contributed by atoms with van der Waals surface area (Å²) in [6, 6.07) is 3.09. The van der Waals surface area contributed by atoms with Crippen molar-refractivity contribution in [2.75, 3.05) is 13.2 Å². The van der Waals surface area contributed by atoms with Gasteiger partial charge < -0.3 is 9.47 Å². The third-order valence-corrected chi connectivity index (χ3v) is 3.60. The molecule has 0 spiro atoms. The maximum atomic E-state index is 12.0. The van der Waals surface area contributed by atoms with Crippen LogP contribution in [0, 0.1) is 11.8 Å². The molecule has 9 heteroatoms. The van der Waals surface area contributed by atoms with E-state index in [1.165, 1.54) is 6.07 Å². The number of rotatable bonds is 7. The van der Waals surface area contributed by atoms with E-state index in [0.29, 0.717) is 0 Å². The van der Waals surface area contributed by atoms with Crippen LogP contribution in [-0.4, -0.2) is 87.0 Å². The largest absolute Gasteiger partial charge is 2.00 e. The molecule has 0 saturated carbocycles. The summed E-state index contributed by atoms with van der Waals surface area (Å²) in [5.74, 6) is -1.39. The van der Waals surface area contributed by atoms with Crippen LogP contribution in [-0.2, 0) is 19.6 Å². The van der Waals surface area contributed by atoms with Gasteiger partial charge in [-0.05, 0) is 30.0 Å². The third kappa shape index (κ3) is 8.72. The van der Waals surface area contributed by atoms with Gasteiger partial charge >= 0.3 is 60.8 Å². The average Bonchev–Trinajstić information content (AvgIpc) is 2.48. The van der Waals surface area contributed by atoms with E-state index in [2.05, 4.69) is 0 Å². The molecule has 0 heterocycles. The fraction of sp³-hybridized carbons (Fsp3) is 0.500. The number of carbonyl (C=O) groups excluding carboxylic acids is 2. The van der Waals surface area contributed by atoms with Gasteiger partial charge in [-0.15, -0.1) is 0 Å². The van der Waals surface area contributed by atoms with Crippen LogP contribution in [0.3, 0.4) is 0 Å². The van der Waals surface area contributed by atoms with Gasteiger partial charge in [0.25, 0.3) is 10.1 Å². The molecule has 0 aliphatic carbocycles. The normalized spacial score (nSPS) is 11.2. The Balaban J connectivity index is 0.00000576. The Morgan fingerprint density at radius 3 is 1.56 bits per heavy atom. The van der Waals surface area contributed by atoms with Crippen molar-refractivity contribution in [2.45, 2.75) is 32.6 Å². The van der Waals surface area contributed by atoms with Crippen molar-refractivity contribution in [3.63, 3.8) is 0 Å². The molecule has 1 rings (SSSR count). The summed E-state index contributed by atoms with van der Waals surface area (Å²) < 4.78 is 42.0. The van der Waals surface area contributed by atoms with E-state index in [1.807, 2.05) is 27.7 Å². The smallest absolute Gasteiger partial charge is 0.462 e. The standard InChI is InChI=1S/C16H22O7S.Ba/c1-10(2)8-22-15(17)12-5-13(16(18)23-9-11(3)4)7-14(6-12)24(19,20)21;/h5-7,10-11H,8-9H2,1-4H3,(H,19,20,21);/q;+2. The topological polar surface area (TPSA) is 107 Å². The van der Waals surface area contributed by atoms with Crippen molar-refractivity contribution >= 4 is 70.9 Å². The van der Waals surface area contributed by atoms with Crippen molar-refractivity contribution in [2.24, 2.45) is 11.8 Å². The Labute approximate surface area is 188 Å². The predicted molar refractivity (Wildman–Crippen MR) is 92.3 cm³/mol. The van der Waals surface area contributed by atoms with E-state index in [9.17, 15) is 22.6 Å². The van der Waals surface area contributed by atoms with Crippen LogP contribution in [0.2, 0.25) is 0 Å². The molecule has 1 aromatic rings. The van der Waals surface area contributed by atoms with Crippen LogP contribution in [0.1, 0.15) is 48.4 Å². The van der Waals surface area contributed by atoms with E-state index in [1.54, 1.807) is 0 Å². The van der Waals surface area contributed by atoms with Gasteiger partial charge in [0, 0.05) is 0 Å².